The summed E-state index contributed by atoms with van der Waals surface area (Å²) in [5.41, 5.74) is 5.96. The minimum Gasteiger partial charge on any atom is -0.328 e. The topological polar surface area (TPSA) is 63.4 Å². The highest BCUT2D eigenvalue weighted by molar-refractivity contribution is 7.91. The number of sulfone groups is 1. The fraction of sp³-hybridized carbons (Fsp3) is 1.00. The second-order valence-electron chi connectivity index (χ2n) is 6.17. The van der Waals surface area contributed by atoms with Crippen LogP contribution in [-0.4, -0.2) is 50.0 Å². The van der Waals surface area contributed by atoms with Crippen LogP contribution < -0.4 is 5.73 Å². The van der Waals surface area contributed by atoms with E-state index in [9.17, 15) is 8.42 Å². The molecule has 5 heteroatoms. The molecule has 0 aromatic rings. The molecule has 4 nitrogen and oxygen atoms in total. The third-order valence-electron chi connectivity index (χ3n) is 4.72. The van der Waals surface area contributed by atoms with Gasteiger partial charge >= 0.3 is 0 Å². The van der Waals surface area contributed by atoms with Crippen molar-refractivity contribution in [3.05, 3.63) is 0 Å². The van der Waals surface area contributed by atoms with Crippen LogP contribution in [0.1, 0.15) is 39.0 Å². The Hall–Kier alpha value is -0.130. The number of hydrogen-bond acceptors (Lipinski definition) is 4. The Morgan fingerprint density at radius 2 is 2.00 bits per heavy atom. The average Bonchev–Trinajstić information content (AvgIpc) is 2.77. The van der Waals surface area contributed by atoms with E-state index in [1.54, 1.807) is 0 Å². The van der Waals surface area contributed by atoms with Gasteiger partial charge in [-0.25, -0.2) is 8.42 Å². The van der Waals surface area contributed by atoms with Crippen molar-refractivity contribution >= 4 is 9.84 Å². The summed E-state index contributed by atoms with van der Waals surface area (Å²) in [4.78, 5) is 2.48. The van der Waals surface area contributed by atoms with Gasteiger partial charge in [0, 0.05) is 24.9 Å². The van der Waals surface area contributed by atoms with Gasteiger partial charge in [0.25, 0.3) is 0 Å². The van der Waals surface area contributed by atoms with E-state index in [4.69, 9.17) is 5.73 Å². The Morgan fingerprint density at radius 3 is 2.56 bits per heavy atom. The Bertz CT molecular complexity index is 380. The second-order valence-corrected chi connectivity index (χ2v) is 8.50. The molecule has 0 spiro atoms. The SMILES string of the molecule is CC(N)C1CCN(C2CCCC(S(C)(=O)=O)C2)C1. The van der Waals surface area contributed by atoms with Crippen LogP contribution in [0.4, 0.5) is 0 Å². The number of hydrogen-bond donors (Lipinski definition) is 1. The molecule has 2 fully saturated rings. The number of rotatable bonds is 3. The molecular weight excluding hydrogens is 248 g/mol. The standard InChI is InChI=1S/C13H26N2O2S/c1-10(14)11-6-7-15(9-11)12-4-3-5-13(8-12)18(2,16)17/h10-13H,3-9,14H2,1-2H3. The Kier molecular flexibility index (Phi) is 4.34. The Balaban J connectivity index is 1.94. The molecule has 1 saturated heterocycles. The monoisotopic (exact) mass is 274 g/mol. The molecule has 106 valence electrons. The van der Waals surface area contributed by atoms with Crippen LogP contribution in [0.3, 0.4) is 0 Å². The van der Waals surface area contributed by atoms with Crippen molar-refractivity contribution in [3.8, 4) is 0 Å². The normalized spacial score (nSPS) is 36.7. The summed E-state index contributed by atoms with van der Waals surface area (Å²) in [6, 6.07) is 0.714. The lowest BCUT2D eigenvalue weighted by molar-refractivity contribution is 0.184. The summed E-state index contributed by atoms with van der Waals surface area (Å²) in [7, 11) is -2.87. The average molecular weight is 274 g/mol. The number of nitrogens with two attached hydrogens (primary N) is 1. The molecule has 2 aliphatic rings. The molecule has 2 rings (SSSR count). The molecule has 0 aromatic heterocycles. The maximum atomic E-state index is 11.7. The molecular formula is C13H26N2O2S. The van der Waals surface area contributed by atoms with Gasteiger partial charge in [-0.05, 0) is 45.1 Å². The third kappa shape index (κ3) is 3.25. The van der Waals surface area contributed by atoms with E-state index in [-0.39, 0.29) is 11.3 Å². The first-order valence-corrected chi connectivity index (χ1v) is 9.02. The molecule has 4 atom stereocenters. The van der Waals surface area contributed by atoms with Gasteiger partial charge in [-0.1, -0.05) is 6.42 Å². The predicted octanol–water partition coefficient (Wildman–Crippen LogP) is 1.01. The third-order valence-corrected chi connectivity index (χ3v) is 6.36. The van der Waals surface area contributed by atoms with Crippen LogP contribution in [-0.2, 0) is 9.84 Å². The summed E-state index contributed by atoms with van der Waals surface area (Å²) in [5, 5.41) is -0.120. The van der Waals surface area contributed by atoms with Gasteiger partial charge in [0.15, 0.2) is 0 Å². The second kappa shape index (κ2) is 5.47. The van der Waals surface area contributed by atoms with E-state index in [1.165, 1.54) is 6.26 Å². The van der Waals surface area contributed by atoms with Crippen LogP contribution in [0.5, 0.6) is 0 Å². The Labute approximate surface area is 111 Å². The molecule has 0 bridgehead atoms. The first-order valence-electron chi connectivity index (χ1n) is 7.06. The van der Waals surface area contributed by atoms with Gasteiger partial charge in [0.05, 0.1) is 5.25 Å². The van der Waals surface area contributed by atoms with Crippen molar-refractivity contribution in [2.24, 2.45) is 11.7 Å². The molecule has 2 N–H and O–H groups in total. The molecule has 4 unspecified atom stereocenters. The van der Waals surface area contributed by atoms with E-state index in [0.717, 1.165) is 45.2 Å². The Morgan fingerprint density at radius 1 is 1.28 bits per heavy atom. The highest BCUT2D eigenvalue weighted by Crippen LogP contribution is 2.31. The van der Waals surface area contributed by atoms with Crippen molar-refractivity contribution in [3.63, 3.8) is 0 Å². The lowest BCUT2D eigenvalue weighted by Gasteiger charge is -2.34. The van der Waals surface area contributed by atoms with Crippen molar-refractivity contribution in [1.29, 1.82) is 0 Å². The van der Waals surface area contributed by atoms with Crippen molar-refractivity contribution in [2.45, 2.75) is 56.4 Å². The van der Waals surface area contributed by atoms with Gasteiger partial charge < -0.3 is 5.73 Å². The lowest BCUT2D eigenvalue weighted by Crippen LogP contribution is -2.41. The highest BCUT2D eigenvalue weighted by atomic mass is 32.2. The molecule has 0 amide bonds. The van der Waals surface area contributed by atoms with E-state index in [1.807, 2.05) is 0 Å². The summed E-state index contributed by atoms with van der Waals surface area (Å²) in [5.74, 6) is 0.587. The molecule has 1 heterocycles. The molecule has 18 heavy (non-hydrogen) atoms. The molecule has 1 aliphatic carbocycles. The van der Waals surface area contributed by atoms with Gasteiger partial charge in [0.2, 0.25) is 0 Å². The van der Waals surface area contributed by atoms with Crippen molar-refractivity contribution in [2.75, 3.05) is 19.3 Å². The predicted molar refractivity (Wildman–Crippen MR) is 74.2 cm³/mol. The number of nitrogens with zero attached hydrogens (tertiary/aromatic N) is 1. The minimum atomic E-state index is -2.87. The first kappa shape index (κ1) is 14.3. The summed E-state index contributed by atoms with van der Waals surface area (Å²) < 4.78 is 23.4. The first-order chi connectivity index (χ1) is 8.38. The number of likely N-dealkylation sites (tertiary alicyclic amines) is 1. The van der Waals surface area contributed by atoms with Crippen LogP contribution in [0, 0.1) is 5.92 Å². The molecule has 0 radical (unpaired) electrons. The van der Waals surface area contributed by atoms with E-state index in [2.05, 4.69) is 11.8 Å². The molecule has 1 aliphatic heterocycles. The van der Waals surface area contributed by atoms with E-state index in [0.29, 0.717) is 12.0 Å². The summed E-state index contributed by atoms with van der Waals surface area (Å²) in [6.45, 7) is 4.22. The zero-order valence-electron chi connectivity index (χ0n) is 11.5. The summed E-state index contributed by atoms with van der Waals surface area (Å²) >= 11 is 0. The van der Waals surface area contributed by atoms with Crippen LogP contribution in [0.15, 0.2) is 0 Å². The molecule has 1 saturated carbocycles. The van der Waals surface area contributed by atoms with Gasteiger partial charge in [-0.2, -0.15) is 0 Å². The van der Waals surface area contributed by atoms with E-state index >= 15 is 0 Å². The largest absolute Gasteiger partial charge is 0.328 e. The van der Waals surface area contributed by atoms with Crippen molar-refractivity contribution in [1.82, 2.24) is 4.90 Å². The smallest absolute Gasteiger partial charge is 0.150 e. The van der Waals surface area contributed by atoms with Crippen molar-refractivity contribution < 1.29 is 8.42 Å². The minimum absolute atomic E-state index is 0.120. The van der Waals surface area contributed by atoms with Crippen LogP contribution in [0.25, 0.3) is 0 Å². The summed E-state index contributed by atoms with van der Waals surface area (Å²) in [6.07, 6.45) is 6.41. The lowest BCUT2D eigenvalue weighted by atomic mass is 9.93. The van der Waals surface area contributed by atoms with Crippen LogP contribution >= 0.6 is 0 Å². The molecule has 0 aromatic carbocycles. The highest BCUT2D eigenvalue weighted by Gasteiger charge is 2.35. The zero-order valence-corrected chi connectivity index (χ0v) is 12.3. The maximum absolute atomic E-state index is 11.7. The fourth-order valence-electron chi connectivity index (χ4n) is 3.42. The van der Waals surface area contributed by atoms with Gasteiger partial charge in [0.1, 0.15) is 9.84 Å². The quantitative estimate of drug-likeness (QED) is 0.834. The zero-order chi connectivity index (χ0) is 13.3. The van der Waals surface area contributed by atoms with E-state index < -0.39 is 9.84 Å². The fourth-order valence-corrected chi connectivity index (χ4v) is 4.58. The van der Waals surface area contributed by atoms with Gasteiger partial charge in [-0.3, -0.25) is 4.90 Å². The van der Waals surface area contributed by atoms with Gasteiger partial charge in [-0.15, -0.1) is 0 Å². The van der Waals surface area contributed by atoms with Crippen LogP contribution in [0.2, 0.25) is 0 Å². The maximum Gasteiger partial charge on any atom is 0.150 e.